The molecule has 2 unspecified atom stereocenters. The molecule has 1 saturated carbocycles. The zero-order valence-corrected chi connectivity index (χ0v) is 6.51. The second-order valence-electron chi connectivity index (χ2n) is 3.87. The largest absolute Gasteiger partial charge is 0.394 e. The van der Waals surface area contributed by atoms with Crippen molar-refractivity contribution in [3.63, 3.8) is 0 Å². The first kappa shape index (κ1) is 6.62. The maximum Gasteiger partial charge on any atom is 0.0615 e. The standard InChI is InChI=1S/C8H15NO/c1-9-5-7-2-3-8(9,4-7)6-10/h7,10H,2-6H2,1H3. The number of nitrogens with zero attached hydrogens (tertiary/aromatic N) is 1. The third-order valence-electron chi connectivity index (χ3n) is 3.32. The van der Waals surface area contributed by atoms with Gasteiger partial charge in [-0.05, 0) is 32.2 Å². The molecule has 0 aromatic heterocycles. The lowest BCUT2D eigenvalue weighted by Gasteiger charge is -2.34. The van der Waals surface area contributed by atoms with Crippen molar-refractivity contribution in [2.75, 3.05) is 20.2 Å². The van der Waals surface area contributed by atoms with E-state index in [9.17, 15) is 5.11 Å². The molecule has 2 rings (SSSR count). The molecule has 1 saturated heterocycles. The van der Waals surface area contributed by atoms with Gasteiger partial charge in [0.2, 0.25) is 0 Å². The van der Waals surface area contributed by atoms with Crippen LogP contribution in [0.25, 0.3) is 0 Å². The molecule has 0 amide bonds. The normalized spacial score (nSPS) is 46.8. The van der Waals surface area contributed by atoms with Crippen LogP contribution in [0, 0.1) is 5.92 Å². The molecule has 1 aliphatic carbocycles. The van der Waals surface area contributed by atoms with Crippen LogP contribution in [0.1, 0.15) is 19.3 Å². The summed E-state index contributed by atoms with van der Waals surface area (Å²) >= 11 is 0. The van der Waals surface area contributed by atoms with Crippen LogP contribution in [0.3, 0.4) is 0 Å². The summed E-state index contributed by atoms with van der Waals surface area (Å²) in [5.74, 6) is 0.886. The van der Waals surface area contributed by atoms with Crippen LogP contribution in [0.5, 0.6) is 0 Å². The van der Waals surface area contributed by atoms with Crippen molar-refractivity contribution in [1.82, 2.24) is 4.90 Å². The third kappa shape index (κ3) is 0.663. The minimum absolute atomic E-state index is 0.199. The van der Waals surface area contributed by atoms with Crippen LogP contribution in [-0.4, -0.2) is 35.7 Å². The number of rotatable bonds is 1. The fourth-order valence-corrected chi connectivity index (χ4v) is 2.56. The van der Waals surface area contributed by atoms with Gasteiger partial charge in [0.15, 0.2) is 0 Å². The van der Waals surface area contributed by atoms with Crippen molar-refractivity contribution in [2.24, 2.45) is 5.92 Å². The van der Waals surface area contributed by atoms with Gasteiger partial charge in [-0.1, -0.05) is 0 Å². The monoisotopic (exact) mass is 141 g/mol. The van der Waals surface area contributed by atoms with Gasteiger partial charge in [0.25, 0.3) is 0 Å². The Labute approximate surface area is 61.8 Å². The van der Waals surface area contributed by atoms with Crippen molar-refractivity contribution in [3.8, 4) is 0 Å². The molecule has 0 aromatic carbocycles. The number of likely N-dealkylation sites (tertiary alicyclic amines) is 1. The molecule has 58 valence electrons. The van der Waals surface area contributed by atoms with Gasteiger partial charge in [0, 0.05) is 12.1 Å². The van der Waals surface area contributed by atoms with Crippen LogP contribution >= 0.6 is 0 Å². The van der Waals surface area contributed by atoms with Crippen LogP contribution in [0.2, 0.25) is 0 Å². The Morgan fingerprint density at radius 2 is 2.50 bits per heavy atom. The van der Waals surface area contributed by atoms with Gasteiger partial charge in [-0.2, -0.15) is 0 Å². The van der Waals surface area contributed by atoms with Crippen LogP contribution in [0.4, 0.5) is 0 Å². The molecular weight excluding hydrogens is 126 g/mol. The maximum atomic E-state index is 9.17. The van der Waals surface area contributed by atoms with E-state index in [1.165, 1.54) is 25.8 Å². The van der Waals surface area contributed by atoms with E-state index in [0.29, 0.717) is 6.61 Å². The SMILES string of the molecule is CN1CC2CCC1(CO)C2. The fraction of sp³-hybridized carbons (Fsp3) is 1.00. The van der Waals surface area contributed by atoms with E-state index in [1.54, 1.807) is 0 Å². The Balaban J connectivity index is 2.19. The summed E-state index contributed by atoms with van der Waals surface area (Å²) in [6, 6.07) is 0. The highest BCUT2D eigenvalue weighted by molar-refractivity contribution is 5.03. The highest BCUT2D eigenvalue weighted by Crippen LogP contribution is 2.44. The van der Waals surface area contributed by atoms with E-state index >= 15 is 0 Å². The van der Waals surface area contributed by atoms with Gasteiger partial charge in [-0.15, -0.1) is 0 Å². The molecule has 2 bridgehead atoms. The molecule has 2 atom stereocenters. The Bertz CT molecular complexity index is 148. The Hall–Kier alpha value is -0.0800. The van der Waals surface area contributed by atoms with Crippen LogP contribution in [-0.2, 0) is 0 Å². The summed E-state index contributed by atoms with van der Waals surface area (Å²) in [5, 5.41) is 9.17. The van der Waals surface area contributed by atoms with Gasteiger partial charge < -0.3 is 5.11 Å². The third-order valence-corrected chi connectivity index (χ3v) is 3.32. The molecular formula is C8H15NO. The second kappa shape index (κ2) is 1.95. The van der Waals surface area contributed by atoms with E-state index < -0.39 is 0 Å². The lowest BCUT2D eigenvalue weighted by atomic mass is 9.99. The van der Waals surface area contributed by atoms with Crippen molar-refractivity contribution >= 4 is 0 Å². The van der Waals surface area contributed by atoms with E-state index in [4.69, 9.17) is 0 Å². The molecule has 0 spiro atoms. The zero-order valence-electron chi connectivity index (χ0n) is 6.51. The summed E-state index contributed by atoms with van der Waals surface area (Å²) < 4.78 is 0. The van der Waals surface area contributed by atoms with Crippen LogP contribution in [0.15, 0.2) is 0 Å². The maximum absolute atomic E-state index is 9.17. The van der Waals surface area contributed by atoms with Crippen molar-refractivity contribution in [3.05, 3.63) is 0 Å². The van der Waals surface area contributed by atoms with E-state index in [-0.39, 0.29) is 5.54 Å². The van der Waals surface area contributed by atoms with E-state index in [2.05, 4.69) is 11.9 Å². The predicted octanol–water partition coefficient (Wildman–Crippen LogP) is 0.463. The van der Waals surface area contributed by atoms with Crippen molar-refractivity contribution in [2.45, 2.75) is 24.8 Å². The second-order valence-corrected chi connectivity index (χ2v) is 3.87. The van der Waals surface area contributed by atoms with Crippen LogP contribution < -0.4 is 0 Å². The number of aliphatic hydroxyl groups is 1. The van der Waals surface area contributed by atoms with E-state index in [1.807, 2.05) is 0 Å². The molecule has 0 aromatic rings. The fourth-order valence-electron chi connectivity index (χ4n) is 2.56. The van der Waals surface area contributed by atoms with Gasteiger partial charge in [-0.3, -0.25) is 4.90 Å². The highest BCUT2D eigenvalue weighted by atomic mass is 16.3. The summed E-state index contributed by atoms with van der Waals surface area (Å²) in [7, 11) is 2.13. The summed E-state index contributed by atoms with van der Waals surface area (Å²) in [5.41, 5.74) is 0.199. The molecule has 2 heteroatoms. The number of fused-ring (bicyclic) bond motifs is 2. The van der Waals surface area contributed by atoms with Gasteiger partial charge >= 0.3 is 0 Å². The first-order chi connectivity index (χ1) is 4.77. The minimum atomic E-state index is 0.199. The zero-order chi connectivity index (χ0) is 7.19. The van der Waals surface area contributed by atoms with E-state index in [0.717, 1.165) is 5.92 Å². The summed E-state index contributed by atoms with van der Waals surface area (Å²) in [6.07, 6.45) is 3.79. The molecule has 1 heterocycles. The first-order valence-corrected chi connectivity index (χ1v) is 4.09. The smallest absolute Gasteiger partial charge is 0.0615 e. The average Bonchev–Trinajstić information content (AvgIpc) is 2.44. The Kier molecular flexibility index (Phi) is 1.29. The van der Waals surface area contributed by atoms with Gasteiger partial charge in [0.1, 0.15) is 0 Å². The summed E-state index contributed by atoms with van der Waals surface area (Å²) in [4.78, 5) is 2.33. The Morgan fingerprint density at radius 1 is 1.70 bits per heavy atom. The number of piperidine rings is 1. The van der Waals surface area contributed by atoms with Crippen molar-refractivity contribution < 1.29 is 5.11 Å². The predicted molar refractivity (Wildman–Crippen MR) is 39.8 cm³/mol. The number of hydrogen-bond acceptors (Lipinski definition) is 2. The summed E-state index contributed by atoms with van der Waals surface area (Å²) in [6.45, 7) is 1.57. The molecule has 1 N–H and O–H groups in total. The molecule has 2 fully saturated rings. The number of aliphatic hydroxyl groups excluding tert-OH is 1. The molecule has 0 radical (unpaired) electrons. The average molecular weight is 141 g/mol. The Morgan fingerprint density at radius 3 is 2.80 bits per heavy atom. The molecule has 2 aliphatic rings. The number of hydrogen-bond donors (Lipinski definition) is 1. The van der Waals surface area contributed by atoms with Crippen molar-refractivity contribution in [1.29, 1.82) is 0 Å². The van der Waals surface area contributed by atoms with Gasteiger partial charge in [-0.25, -0.2) is 0 Å². The lowest BCUT2D eigenvalue weighted by molar-refractivity contribution is 0.0745. The lowest BCUT2D eigenvalue weighted by Crippen LogP contribution is -2.44. The quantitative estimate of drug-likeness (QED) is 0.573. The molecule has 10 heavy (non-hydrogen) atoms. The first-order valence-electron chi connectivity index (χ1n) is 4.09. The molecule has 1 aliphatic heterocycles. The van der Waals surface area contributed by atoms with Gasteiger partial charge in [0.05, 0.1) is 6.61 Å². The topological polar surface area (TPSA) is 23.5 Å². The minimum Gasteiger partial charge on any atom is -0.394 e. The highest BCUT2D eigenvalue weighted by Gasteiger charge is 2.48. The number of likely N-dealkylation sites (N-methyl/N-ethyl adjacent to an activating group) is 1. The molecule has 2 nitrogen and oxygen atoms in total.